The highest BCUT2D eigenvalue weighted by Crippen LogP contribution is 2.05. The summed E-state index contributed by atoms with van der Waals surface area (Å²) in [5, 5.41) is 0. The van der Waals surface area contributed by atoms with Crippen molar-refractivity contribution in [1.29, 1.82) is 0 Å². The first-order valence-electron chi connectivity index (χ1n) is 3.83. The van der Waals surface area contributed by atoms with E-state index in [0.717, 1.165) is 0 Å². The van der Waals surface area contributed by atoms with Crippen molar-refractivity contribution >= 4 is 10.0 Å². The Kier molecular flexibility index (Phi) is 3.25. The minimum atomic E-state index is -3.10. The monoisotopic (exact) mass is 191 g/mol. The van der Waals surface area contributed by atoms with E-state index in [1.54, 1.807) is 0 Å². The van der Waals surface area contributed by atoms with Crippen LogP contribution in [0.3, 0.4) is 0 Å². The molecule has 0 saturated carbocycles. The molecule has 0 radical (unpaired) electrons. The van der Waals surface area contributed by atoms with E-state index in [4.69, 9.17) is 4.74 Å². The van der Waals surface area contributed by atoms with Gasteiger partial charge in [0.05, 0.1) is 19.0 Å². The standard InChI is InChI=1S/C7H13NO3S/c1-2-7-12(9,10)8-3-5-11-6-4-8/h2H,1,3-7H2. The van der Waals surface area contributed by atoms with Gasteiger partial charge in [0.1, 0.15) is 0 Å². The molecule has 70 valence electrons. The van der Waals surface area contributed by atoms with Crippen molar-refractivity contribution in [1.82, 2.24) is 4.31 Å². The van der Waals surface area contributed by atoms with Gasteiger partial charge in [0.25, 0.3) is 0 Å². The molecule has 5 heteroatoms. The lowest BCUT2D eigenvalue weighted by Gasteiger charge is -2.25. The van der Waals surface area contributed by atoms with Crippen LogP contribution in [0.4, 0.5) is 0 Å². The molecule has 0 aromatic rings. The Morgan fingerprint density at radius 2 is 2.00 bits per heavy atom. The molecule has 1 rings (SSSR count). The van der Waals surface area contributed by atoms with Crippen LogP contribution in [0.2, 0.25) is 0 Å². The highest BCUT2D eigenvalue weighted by molar-refractivity contribution is 7.89. The van der Waals surface area contributed by atoms with E-state index in [2.05, 4.69) is 6.58 Å². The SMILES string of the molecule is C=CCS(=O)(=O)N1CCOCC1. The molecule has 1 aliphatic heterocycles. The summed E-state index contributed by atoms with van der Waals surface area (Å²) in [6, 6.07) is 0. The van der Waals surface area contributed by atoms with Gasteiger partial charge in [0, 0.05) is 13.1 Å². The molecule has 1 aliphatic rings. The highest BCUT2D eigenvalue weighted by Gasteiger charge is 2.22. The zero-order valence-electron chi connectivity index (χ0n) is 6.90. The molecule has 4 nitrogen and oxygen atoms in total. The van der Waals surface area contributed by atoms with E-state index in [1.165, 1.54) is 10.4 Å². The number of rotatable bonds is 3. The zero-order valence-corrected chi connectivity index (χ0v) is 7.72. The molecule has 0 bridgehead atoms. The Balaban J connectivity index is 2.60. The molecule has 0 atom stereocenters. The van der Waals surface area contributed by atoms with E-state index in [0.29, 0.717) is 26.3 Å². The summed E-state index contributed by atoms with van der Waals surface area (Å²) in [6.07, 6.45) is 1.41. The lowest BCUT2D eigenvalue weighted by molar-refractivity contribution is 0.0732. The summed E-state index contributed by atoms with van der Waals surface area (Å²) in [7, 11) is -3.10. The van der Waals surface area contributed by atoms with Crippen molar-refractivity contribution in [2.75, 3.05) is 32.1 Å². The topological polar surface area (TPSA) is 46.6 Å². The van der Waals surface area contributed by atoms with Crippen LogP contribution < -0.4 is 0 Å². The van der Waals surface area contributed by atoms with Gasteiger partial charge in [-0.25, -0.2) is 8.42 Å². The Morgan fingerprint density at radius 3 is 2.50 bits per heavy atom. The summed E-state index contributed by atoms with van der Waals surface area (Å²) < 4.78 is 29.3. The molecule has 0 amide bonds. The quantitative estimate of drug-likeness (QED) is 0.582. The van der Waals surface area contributed by atoms with Crippen LogP contribution in [-0.4, -0.2) is 44.8 Å². The molecule has 0 N–H and O–H groups in total. The maximum absolute atomic E-state index is 11.4. The van der Waals surface area contributed by atoms with Gasteiger partial charge in [-0.05, 0) is 0 Å². The van der Waals surface area contributed by atoms with E-state index in [1.807, 2.05) is 0 Å². The fraction of sp³-hybridized carbons (Fsp3) is 0.714. The molecular formula is C7H13NO3S. The van der Waals surface area contributed by atoms with Gasteiger partial charge in [-0.3, -0.25) is 0 Å². The Labute approximate surface area is 72.9 Å². The van der Waals surface area contributed by atoms with Crippen LogP contribution >= 0.6 is 0 Å². The third kappa shape index (κ3) is 2.30. The van der Waals surface area contributed by atoms with Crippen molar-refractivity contribution in [3.8, 4) is 0 Å². The molecule has 1 saturated heterocycles. The number of morpholine rings is 1. The first-order chi connectivity index (χ1) is 5.67. The first-order valence-corrected chi connectivity index (χ1v) is 5.44. The maximum atomic E-state index is 11.4. The first kappa shape index (κ1) is 9.70. The largest absolute Gasteiger partial charge is 0.379 e. The number of hydrogen-bond acceptors (Lipinski definition) is 3. The molecule has 0 aliphatic carbocycles. The molecular weight excluding hydrogens is 178 g/mol. The smallest absolute Gasteiger partial charge is 0.217 e. The van der Waals surface area contributed by atoms with Gasteiger partial charge in [-0.15, -0.1) is 6.58 Å². The summed E-state index contributed by atoms with van der Waals surface area (Å²) in [5.74, 6) is 0.0208. The van der Waals surface area contributed by atoms with Gasteiger partial charge in [-0.1, -0.05) is 6.08 Å². The second-order valence-electron chi connectivity index (χ2n) is 2.58. The third-order valence-electron chi connectivity index (χ3n) is 1.69. The predicted molar refractivity (Wildman–Crippen MR) is 46.4 cm³/mol. The Bertz CT molecular complexity index is 241. The number of hydrogen-bond donors (Lipinski definition) is 0. The van der Waals surface area contributed by atoms with Gasteiger partial charge >= 0.3 is 0 Å². The molecule has 0 aromatic carbocycles. The van der Waals surface area contributed by atoms with Crippen LogP contribution in [0.5, 0.6) is 0 Å². The average molecular weight is 191 g/mol. The predicted octanol–water partition coefficient (Wildman–Crippen LogP) is -0.166. The lowest BCUT2D eigenvalue weighted by atomic mass is 10.5. The highest BCUT2D eigenvalue weighted by atomic mass is 32.2. The van der Waals surface area contributed by atoms with Crippen LogP contribution in [0.25, 0.3) is 0 Å². The van der Waals surface area contributed by atoms with E-state index in [9.17, 15) is 8.42 Å². The zero-order chi connectivity index (χ0) is 9.03. The average Bonchev–Trinajstić information content (AvgIpc) is 2.06. The summed E-state index contributed by atoms with van der Waals surface area (Å²) >= 11 is 0. The second kappa shape index (κ2) is 4.02. The summed E-state index contributed by atoms with van der Waals surface area (Å²) in [5.41, 5.74) is 0. The lowest BCUT2D eigenvalue weighted by Crippen LogP contribution is -2.41. The summed E-state index contributed by atoms with van der Waals surface area (Å²) in [6.45, 7) is 5.33. The molecule has 0 spiro atoms. The van der Waals surface area contributed by atoms with Crippen molar-refractivity contribution in [2.24, 2.45) is 0 Å². The molecule has 12 heavy (non-hydrogen) atoms. The molecule has 1 heterocycles. The van der Waals surface area contributed by atoms with E-state index in [-0.39, 0.29) is 5.75 Å². The third-order valence-corrected chi connectivity index (χ3v) is 3.50. The van der Waals surface area contributed by atoms with Crippen molar-refractivity contribution in [2.45, 2.75) is 0 Å². The maximum Gasteiger partial charge on any atom is 0.217 e. The Hall–Kier alpha value is -0.390. The van der Waals surface area contributed by atoms with Crippen LogP contribution in [0.15, 0.2) is 12.7 Å². The fourth-order valence-corrected chi connectivity index (χ4v) is 2.29. The van der Waals surface area contributed by atoms with E-state index < -0.39 is 10.0 Å². The second-order valence-corrected chi connectivity index (χ2v) is 4.59. The molecule has 0 unspecified atom stereocenters. The van der Waals surface area contributed by atoms with Crippen LogP contribution in [-0.2, 0) is 14.8 Å². The molecule has 1 fully saturated rings. The molecule has 0 aromatic heterocycles. The Morgan fingerprint density at radius 1 is 1.42 bits per heavy atom. The number of nitrogens with zero attached hydrogens (tertiary/aromatic N) is 1. The van der Waals surface area contributed by atoms with Crippen LogP contribution in [0, 0.1) is 0 Å². The van der Waals surface area contributed by atoms with Gasteiger partial charge in [0.15, 0.2) is 0 Å². The summed E-state index contributed by atoms with van der Waals surface area (Å²) in [4.78, 5) is 0. The van der Waals surface area contributed by atoms with Gasteiger partial charge < -0.3 is 4.74 Å². The van der Waals surface area contributed by atoms with E-state index >= 15 is 0 Å². The van der Waals surface area contributed by atoms with Crippen molar-refractivity contribution in [3.63, 3.8) is 0 Å². The van der Waals surface area contributed by atoms with Gasteiger partial charge in [0.2, 0.25) is 10.0 Å². The van der Waals surface area contributed by atoms with Crippen molar-refractivity contribution < 1.29 is 13.2 Å². The number of ether oxygens (including phenoxy) is 1. The van der Waals surface area contributed by atoms with Crippen LogP contribution in [0.1, 0.15) is 0 Å². The number of sulfonamides is 1. The fourth-order valence-electron chi connectivity index (χ4n) is 1.08. The minimum absolute atomic E-state index is 0.0208. The normalized spacial score (nSPS) is 20.7. The minimum Gasteiger partial charge on any atom is -0.379 e. The van der Waals surface area contributed by atoms with Crippen molar-refractivity contribution in [3.05, 3.63) is 12.7 Å². The van der Waals surface area contributed by atoms with Gasteiger partial charge in [-0.2, -0.15) is 4.31 Å².